The number of hydrogen-bond acceptors (Lipinski definition) is 6. The van der Waals surface area contributed by atoms with Crippen LogP contribution in [0.1, 0.15) is 30.9 Å². The molecule has 0 aliphatic carbocycles. The van der Waals surface area contributed by atoms with Gasteiger partial charge >= 0.3 is 5.97 Å². The van der Waals surface area contributed by atoms with Crippen molar-refractivity contribution in [3.8, 4) is 0 Å². The molecule has 0 bridgehead atoms. The monoisotopic (exact) mass is 578 g/mol. The summed E-state index contributed by atoms with van der Waals surface area (Å²) in [6.07, 6.45) is 2.55. The van der Waals surface area contributed by atoms with E-state index in [1.54, 1.807) is 6.20 Å². The number of aromatic nitrogens is 1. The van der Waals surface area contributed by atoms with Crippen LogP contribution in [-0.4, -0.2) is 70.5 Å². The Labute approximate surface area is 243 Å². The molecule has 1 heterocycles. The quantitative estimate of drug-likeness (QED) is 0.0687. The summed E-state index contributed by atoms with van der Waals surface area (Å²) in [6, 6.07) is 12.3. The van der Waals surface area contributed by atoms with Crippen LogP contribution in [-0.2, 0) is 32.0 Å². The van der Waals surface area contributed by atoms with E-state index in [0.717, 1.165) is 22.0 Å². The summed E-state index contributed by atoms with van der Waals surface area (Å²) in [5.74, 6) is -3.19. The second-order valence-corrected chi connectivity index (χ2v) is 10.00. The van der Waals surface area contributed by atoms with Crippen LogP contribution in [0.5, 0.6) is 0 Å². The molecule has 11 N–H and O–H groups in total. The van der Waals surface area contributed by atoms with Gasteiger partial charge in [-0.15, -0.1) is 0 Å². The van der Waals surface area contributed by atoms with E-state index >= 15 is 0 Å². The minimum absolute atomic E-state index is 0.0656. The normalized spacial score (nSPS) is 13.8. The number of carboxylic acids is 1. The van der Waals surface area contributed by atoms with Crippen molar-refractivity contribution in [1.82, 2.24) is 20.9 Å². The number of aromatic amines is 1. The highest BCUT2D eigenvalue weighted by atomic mass is 16.4. The fourth-order valence-electron chi connectivity index (χ4n) is 4.39. The Balaban J connectivity index is 1.80. The predicted molar refractivity (Wildman–Crippen MR) is 159 cm³/mol. The number of aliphatic carboxylic acids is 1. The molecule has 4 unspecified atom stereocenters. The Morgan fingerprint density at radius 1 is 0.881 bits per heavy atom. The lowest BCUT2D eigenvalue weighted by molar-refractivity contribution is -0.141. The lowest BCUT2D eigenvalue weighted by Crippen LogP contribution is -2.57. The van der Waals surface area contributed by atoms with Crippen molar-refractivity contribution in [2.75, 3.05) is 6.54 Å². The molecule has 0 radical (unpaired) electrons. The third-order valence-corrected chi connectivity index (χ3v) is 6.67. The number of carbonyl (C=O) groups is 4. The van der Waals surface area contributed by atoms with Crippen molar-refractivity contribution < 1.29 is 24.3 Å². The number of carbonyl (C=O) groups excluding carboxylic acids is 3. The van der Waals surface area contributed by atoms with Gasteiger partial charge in [0.1, 0.15) is 18.1 Å². The number of nitrogens with two attached hydrogens (primary N) is 3. The molecular formula is C29H38N8O5. The summed E-state index contributed by atoms with van der Waals surface area (Å²) >= 11 is 0. The average molecular weight is 579 g/mol. The maximum atomic E-state index is 13.6. The summed E-state index contributed by atoms with van der Waals surface area (Å²) in [4.78, 5) is 58.2. The second kappa shape index (κ2) is 15.2. The van der Waals surface area contributed by atoms with Gasteiger partial charge < -0.3 is 43.2 Å². The highest BCUT2D eigenvalue weighted by Crippen LogP contribution is 2.19. The van der Waals surface area contributed by atoms with Crippen molar-refractivity contribution in [1.29, 1.82) is 0 Å². The second-order valence-electron chi connectivity index (χ2n) is 10.00. The van der Waals surface area contributed by atoms with Gasteiger partial charge in [0.15, 0.2) is 5.96 Å². The highest BCUT2D eigenvalue weighted by Gasteiger charge is 2.30. The number of benzene rings is 2. The molecule has 42 heavy (non-hydrogen) atoms. The van der Waals surface area contributed by atoms with Crippen molar-refractivity contribution in [3.63, 3.8) is 0 Å². The van der Waals surface area contributed by atoms with E-state index in [0.29, 0.717) is 6.42 Å². The smallest absolute Gasteiger partial charge is 0.325 e. The molecule has 0 saturated heterocycles. The number of amides is 3. The van der Waals surface area contributed by atoms with E-state index in [1.165, 1.54) is 6.92 Å². The summed E-state index contributed by atoms with van der Waals surface area (Å²) in [5.41, 5.74) is 19.4. The molecule has 0 aliphatic rings. The van der Waals surface area contributed by atoms with E-state index in [1.807, 2.05) is 54.6 Å². The minimum atomic E-state index is -1.22. The third-order valence-electron chi connectivity index (χ3n) is 6.67. The van der Waals surface area contributed by atoms with Crippen LogP contribution in [0.4, 0.5) is 0 Å². The van der Waals surface area contributed by atoms with Crippen molar-refractivity contribution in [2.24, 2.45) is 22.2 Å². The Kier molecular flexibility index (Phi) is 11.4. The maximum Gasteiger partial charge on any atom is 0.325 e. The van der Waals surface area contributed by atoms with Gasteiger partial charge in [-0.25, -0.2) is 0 Å². The van der Waals surface area contributed by atoms with Crippen molar-refractivity contribution in [3.05, 3.63) is 71.9 Å². The van der Waals surface area contributed by atoms with Gasteiger partial charge in [0.2, 0.25) is 17.7 Å². The molecule has 3 amide bonds. The zero-order valence-electron chi connectivity index (χ0n) is 23.4. The first kappa shape index (κ1) is 31.6. The molecule has 1 aromatic heterocycles. The fraction of sp³-hybridized carbons (Fsp3) is 0.345. The van der Waals surface area contributed by atoms with E-state index in [-0.39, 0.29) is 31.8 Å². The number of H-pyrrole nitrogens is 1. The van der Waals surface area contributed by atoms with Gasteiger partial charge in [0.25, 0.3) is 0 Å². The van der Waals surface area contributed by atoms with Gasteiger partial charge in [-0.2, -0.15) is 0 Å². The highest BCUT2D eigenvalue weighted by molar-refractivity contribution is 5.94. The zero-order valence-corrected chi connectivity index (χ0v) is 23.4. The van der Waals surface area contributed by atoms with Crippen molar-refractivity contribution in [2.45, 2.75) is 56.8 Å². The Morgan fingerprint density at radius 3 is 2.21 bits per heavy atom. The molecule has 0 spiro atoms. The van der Waals surface area contributed by atoms with Crippen LogP contribution in [0.2, 0.25) is 0 Å². The van der Waals surface area contributed by atoms with Crippen LogP contribution in [0.3, 0.4) is 0 Å². The molecule has 3 rings (SSSR count). The first-order valence-corrected chi connectivity index (χ1v) is 13.6. The van der Waals surface area contributed by atoms with Gasteiger partial charge in [-0.05, 0) is 43.4 Å². The molecule has 3 aromatic rings. The number of hydrogen-bond donors (Lipinski definition) is 8. The van der Waals surface area contributed by atoms with Crippen molar-refractivity contribution >= 4 is 40.6 Å². The molecule has 0 saturated carbocycles. The fourth-order valence-corrected chi connectivity index (χ4v) is 4.39. The first-order chi connectivity index (χ1) is 20.0. The summed E-state index contributed by atoms with van der Waals surface area (Å²) < 4.78 is 0. The number of nitrogens with one attached hydrogen (secondary N) is 4. The van der Waals surface area contributed by atoms with Crippen LogP contribution in [0.15, 0.2) is 65.8 Å². The van der Waals surface area contributed by atoms with E-state index in [9.17, 15) is 24.3 Å². The zero-order chi connectivity index (χ0) is 30.6. The van der Waals surface area contributed by atoms with Gasteiger partial charge in [0, 0.05) is 30.1 Å². The van der Waals surface area contributed by atoms with E-state index in [2.05, 4.69) is 25.9 Å². The van der Waals surface area contributed by atoms with Crippen LogP contribution in [0.25, 0.3) is 10.9 Å². The number of guanidine groups is 1. The summed E-state index contributed by atoms with van der Waals surface area (Å²) in [6.45, 7) is 1.54. The molecule has 13 heteroatoms. The lowest BCUT2D eigenvalue weighted by Gasteiger charge is -2.25. The van der Waals surface area contributed by atoms with Crippen LogP contribution < -0.4 is 33.2 Å². The topological polar surface area (TPSA) is 231 Å². The maximum absolute atomic E-state index is 13.6. The van der Waals surface area contributed by atoms with Crippen LogP contribution >= 0.6 is 0 Å². The molecule has 224 valence electrons. The summed E-state index contributed by atoms with van der Waals surface area (Å²) in [5, 5.41) is 18.0. The average Bonchev–Trinajstić information content (AvgIpc) is 3.37. The molecule has 4 atom stereocenters. The van der Waals surface area contributed by atoms with Gasteiger partial charge in [-0.3, -0.25) is 24.2 Å². The van der Waals surface area contributed by atoms with Gasteiger partial charge in [0.05, 0.1) is 6.04 Å². The molecule has 13 nitrogen and oxygen atoms in total. The van der Waals surface area contributed by atoms with Gasteiger partial charge in [-0.1, -0.05) is 48.5 Å². The number of fused-ring (bicyclic) bond motifs is 1. The minimum Gasteiger partial charge on any atom is -0.480 e. The lowest BCUT2D eigenvalue weighted by atomic mass is 10.0. The Morgan fingerprint density at radius 2 is 1.52 bits per heavy atom. The van der Waals surface area contributed by atoms with E-state index < -0.39 is 47.9 Å². The van der Waals surface area contributed by atoms with E-state index in [4.69, 9.17) is 17.2 Å². The number of nitrogens with zero attached hydrogens (tertiary/aromatic N) is 1. The standard InChI is InChI=1S/C29H38N8O5/c1-17(28(41)42)35-27(40)24(15-19-16-34-22-11-6-5-10-20(19)22)37-26(39)23(12-7-13-33-29(31)32)36-25(38)21(30)14-18-8-3-2-4-9-18/h2-6,8-11,16-17,21,23-24,34H,7,12-15,30H2,1H3,(H,35,40)(H,36,38)(H,37,39)(H,41,42)(H4,31,32,33). The molecule has 2 aromatic carbocycles. The Bertz CT molecular complexity index is 1400. The Hall–Kier alpha value is -4.91. The van der Waals surface area contributed by atoms with Crippen LogP contribution in [0, 0.1) is 0 Å². The first-order valence-electron chi connectivity index (χ1n) is 13.6. The molecule has 0 fully saturated rings. The predicted octanol–water partition coefficient (Wildman–Crippen LogP) is -0.107. The largest absolute Gasteiger partial charge is 0.480 e. The molecule has 0 aliphatic heterocycles. The third kappa shape index (κ3) is 9.34. The number of aliphatic imine (C=N–C) groups is 1. The SMILES string of the molecule is CC(NC(=O)C(Cc1c[nH]c2ccccc12)NC(=O)C(CCCN=C(N)N)NC(=O)C(N)Cc1ccccc1)C(=O)O. The number of rotatable bonds is 15. The molecular weight excluding hydrogens is 540 g/mol. The summed E-state index contributed by atoms with van der Waals surface area (Å²) in [7, 11) is 0. The number of carboxylic acid groups (broad SMARTS) is 1. The number of para-hydroxylation sites is 1.